The lowest BCUT2D eigenvalue weighted by Gasteiger charge is -2.35. The maximum Gasteiger partial charge on any atom is 0.00474 e. The molecule has 0 aliphatic heterocycles. The van der Waals surface area contributed by atoms with Gasteiger partial charge in [0.15, 0.2) is 0 Å². The lowest BCUT2D eigenvalue weighted by Crippen LogP contribution is -2.43. The molecule has 0 aliphatic carbocycles. The van der Waals surface area contributed by atoms with Crippen LogP contribution in [-0.4, -0.2) is 37.6 Å². The summed E-state index contributed by atoms with van der Waals surface area (Å²) in [6.45, 7) is 19.9. The molecule has 2 heteroatoms. The molecule has 1 N–H and O–H groups in total. The van der Waals surface area contributed by atoms with Crippen molar-refractivity contribution < 1.29 is 0 Å². The average Bonchev–Trinajstić information content (AvgIpc) is 2.34. The molecule has 1 unspecified atom stereocenters. The fourth-order valence-corrected chi connectivity index (χ4v) is 2.76. The predicted octanol–water partition coefficient (Wildman–Crippen LogP) is 4.16. The molecule has 2 nitrogen and oxygen atoms in total. The van der Waals surface area contributed by atoms with E-state index in [-0.39, 0.29) is 0 Å². The maximum atomic E-state index is 3.67. The van der Waals surface area contributed by atoms with Gasteiger partial charge in [0.05, 0.1) is 0 Å². The van der Waals surface area contributed by atoms with Gasteiger partial charge in [0, 0.05) is 13.1 Å². The number of rotatable bonds is 12. The smallest absolute Gasteiger partial charge is 0.00474 e. The van der Waals surface area contributed by atoms with Crippen molar-refractivity contribution in [3.8, 4) is 0 Å². The molecule has 0 fully saturated rings. The first kappa shape index (κ1) is 18.9. The molecular formula is C17H38N2. The van der Waals surface area contributed by atoms with Gasteiger partial charge in [0.2, 0.25) is 0 Å². The zero-order chi connectivity index (χ0) is 14.7. The molecule has 0 amide bonds. The quantitative estimate of drug-likeness (QED) is 0.573. The van der Waals surface area contributed by atoms with E-state index in [1.54, 1.807) is 0 Å². The standard InChI is InChI=1S/C17H38N2/c1-7-10-12-19(9-3)15-17(6,11-8-2)14-18-13-16(4)5/h16,18H,7-15H2,1-6H3. The summed E-state index contributed by atoms with van der Waals surface area (Å²) in [4.78, 5) is 2.64. The van der Waals surface area contributed by atoms with E-state index in [2.05, 4.69) is 51.8 Å². The Hall–Kier alpha value is -0.0800. The molecule has 0 spiro atoms. The highest BCUT2D eigenvalue weighted by Gasteiger charge is 2.25. The van der Waals surface area contributed by atoms with Crippen LogP contribution in [-0.2, 0) is 0 Å². The van der Waals surface area contributed by atoms with Crippen LogP contribution >= 0.6 is 0 Å². The van der Waals surface area contributed by atoms with E-state index in [0.29, 0.717) is 5.41 Å². The maximum absolute atomic E-state index is 3.67. The minimum absolute atomic E-state index is 0.424. The molecule has 0 aromatic rings. The monoisotopic (exact) mass is 270 g/mol. The van der Waals surface area contributed by atoms with E-state index in [4.69, 9.17) is 0 Å². The number of nitrogens with zero attached hydrogens (tertiary/aromatic N) is 1. The van der Waals surface area contributed by atoms with Crippen molar-refractivity contribution >= 4 is 0 Å². The fraction of sp³-hybridized carbons (Fsp3) is 1.00. The highest BCUT2D eigenvalue weighted by atomic mass is 15.1. The lowest BCUT2D eigenvalue weighted by molar-refractivity contribution is 0.152. The highest BCUT2D eigenvalue weighted by Crippen LogP contribution is 2.24. The van der Waals surface area contributed by atoms with Gasteiger partial charge in [-0.15, -0.1) is 0 Å². The van der Waals surface area contributed by atoms with Crippen LogP contribution in [0.4, 0.5) is 0 Å². The van der Waals surface area contributed by atoms with E-state index >= 15 is 0 Å². The predicted molar refractivity (Wildman–Crippen MR) is 87.7 cm³/mol. The van der Waals surface area contributed by atoms with Gasteiger partial charge in [0.25, 0.3) is 0 Å². The third-order valence-electron chi connectivity index (χ3n) is 3.84. The molecule has 0 radical (unpaired) electrons. The molecule has 0 aromatic carbocycles. The summed E-state index contributed by atoms with van der Waals surface area (Å²) in [5.41, 5.74) is 0.424. The van der Waals surface area contributed by atoms with Crippen molar-refractivity contribution in [1.82, 2.24) is 10.2 Å². The Morgan fingerprint density at radius 1 is 1.11 bits per heavy atom. The number of hydrogen-bond donors (Lipinski definition) is 1. The van der Waals surface area contributed by atoms with Gasteiger partial charge < -0.3 is 10.2 Å². The zero-order valence-corrected chi connectivity index (χ0v) is 14.4. The molecule has 19 heavy (non-hydrogen) atoms. The van der Waals surface area contributed by atoms with Gasteiger partial charge in [-0.2, -0.15) is 0 Å². The molecule has 0 heterocycles. The molecule has 1 atom stereocenters. The molecule has 116 valence electrons. The Bertz CT molecular complexity index is 203. The molecular weight excluding hydrogens is 232 g/mol. The summed E-state index contributed by atoms with van der Waals surface area (Å²) in [7, 11) is 0. The van der Waals surface area contributed by atoms with Gasteiger partial charge in [0.1, 0.15) is 0 Å². The second-order valence-corrected chi connectivity index (χ2v) is 6.81. The Kier molecular flexibility index (Phi) is 10.6. The van der Waals surface area contributed by atoms with Gasteiger partial charge in [-0.25, -0.2) is 0 Å². The summed E-state index contributed by atoms with van der Waals surface area (Å²) in [6, 6.07) is 0. The summed E-state index contributed by atoms with van der Waals surface area (Å²) in [6.07, 6.45) is 5.23. The topological polar surface area (TPSA) is 15.3 Å². The minimum Gasteiger partial charge on any atom is -0.316 e. The average molecular weight is 271 g/mol. The fourth-order valence-electron chi connectivity index (χ4n) is 2.76. The molecule has 0 saturated carbocycles. The molecule has 0 aromatic heterocycles. The normalized spacial score (nSPS) is 15.2. The number of hydrogen-bond acceptors (Lipinski definition) is 2. The molecule has 0 rings (SSSR count). The zero-order valence-electron chi connectivity index (χ0n) is 14.4. The molecule has 0 saturated heterocycles. The lowest BCUT2D eigenvalue weighted by atomic mass is 9.84. The third-order valence-corrected chi connectivity index (χ3v) is 3.84. The van der Waals surface area contributed by atoms with E-state index < -0.39 is 0 Å². The summed E-state index contributed by atoms with van der Waals surface area (Å²) < 4.78 is 0. The molecule has 0 bridgehead atoms. The Balaban J connectivity index is 4.31. The van der Waals surface area contributed by atoms with E-state index in [1.807, 2.05) is 0 Å². The Labute approximate surface area is 122 Å². The van der Waals surface area contributed by atoms with Crippen LogP contribution < -0.4 is 5.32 Å². The molecule has 0 aliphatic rings. The van der Waals surface area contributed by atoms with E-state index in [1.165, 1.54) is 45.3 Å². The number of nitrogens with one attached hydrogen (secondary N) is 1. The summed E-state index contributed by atoms with van der Waals surface area (Å²) in [5.74, 6) is 0.744. The van der Waals surface area contributed by atoms with Gasteiger partial charge in [-0.05, 0) is 43.8 Å². The highest BCUT2D eigenvalue weighted by molar-refractivity contribution is 4.80. The van der Waals surface area contributed by atoms with Crippen molar-refractivity contribution in [2.24, 2.45) is 11.3 Å². The van der Waals surface area contributed by atoms with Crippen molar-refractivity contribution in [2.75, 3.05) is 32.7 Å². The first-order valence-electron chi connectivity index (χ1n) is 8.40. The van der Waals surface area contributed by atoms with Gasteiger partial charge in [-0.3, -0.25) is 0 Å². The summed E-state index contributed by atoms with van der Waals surface area (Å²) in [5, 5.41) is 3.67. The van der Waals surface area contributed by atoms with Gasteiger partial charge in [-0.1, -0.05) is 54.4 Å². The van der Waals surface area contributed by atoms with Crippen LogP contribution in [0.25, 0.3) is 0 Å². The second kappa shape index (κ2) is 10.7. The van der Waals surface area contributed by atoms with Crippen molar-refractivity contribution in [2.45, 2.75) is 67.2 Å². The first-order valence-corrected chi connectivity index (χ1v) is 8.40. The van der Waals surface area contributed by atoms with Crippen molar-refractivity contribution in [3.05, 3.63) is 0 Å². The van der Waals surface area contributed by atoms with Gasteiger partial charge >= 0.3 is 0 Å². The second-order valence-electron chi connectivity index (χ2n) is 6.81. The SMILES string of the molecule is CCCCN(CC)CC(C)(CCC)CNCC(C)C. The van der Waals surface area contributed by atoms with Crippen LogP contribution in [0.15, 0.2) is 0 Å². The number of unbranched alkanes of at least 4 members (excludes halogenated alkanes) is 1. The Morgan fingerprint density at radius 3 is 2.26 bits per heavy atom. The first-order chi connectivity index (χ1) is 8.97. The largest absolute Gasteiger partial charge is 0.316 e. The summed E-state index contributed by atoms with van der Waals surface area (Å²) >= 11 is 0. The Morgan fingerprint density at radius 2 is 1.79 bits per heavy atom. The third kappa shape index (κ3) is 9.45. The van der Waals surface area contributed by atoms with Crippen molar-refractivity contribution in [3.63, 3.8) is 0 Å². The van der Waals surface area contributed by atoms with Crippen LogP contribution in [0.2, 0.25) is 0 Å². The van der Waals surface area contributed by atoms with Crippen LogP contribution in [0.5, 0.6) is 0 Å². The van der Waals surface area contributed by atoms with E-state index in [9.17, 15) is 0 Å². The van der Waals surface area contributed by atoms with Crippen LogP contribution in [0, 0.1) is 11.3 Å². The van der Waals surface area contributed by atoms with Crippen LogP contribution in [0.3, 0.4) is 0 Å². The van der Waals surface area contributed by atoms with Crippen LogP contribution in [0.1, 0.15) is 67.2 Å². The van der Waals surface area contributed by atoms with E-state index in [0.717, 1.165) is 19.0 Å². The van der Waals surface area contributed by atoms with Crippen molar-refractivity contribution in [1.29, 1.82) is 0 Å². The minimum atomic E-state index is 0.424.